The summed E-state index contributed by atoms with van der Waals surface area (Å²) in [6.07, 6.45) is 7.04. The summed E-state index contributed by atoms with van der Waals surface area (Å²) in [5, 5.41) is 19.5. The number of hydrogen-bond acceptors (Lipinski definition) is 5. The van der Waals surface area contributed by atoms with Crippen LogP contribution in [0.25, 0.3) is 0 Å². The van der Waals surface area contributed by atoms with Gasteiger partial charge in [0.15, 0.2) is 12.4 Å². The summed E-state index contributed by atoms with van der Waals surface area (Å²) in [7, 11) is 4.00. The van der Waals surface area contributed by atoms with Crippen molar-refractivity contribution in [3.05, 3.63) is 88.0 Å². The summed E-state index contributed by atoms with van der Waals surface area (Å²) in [5.74, 6) is 0.819. The molecule has 0 atom stereocenters. The molecule has 0 bridgehead atoms. The van der Waals surface area contributed by atoms with Crippen molar-refractivity contribution < 1.29 is 9.60 Å². The Labute approximate surface area is 162 Å². The number of nitro groups is 1. The lowest BCUT2D eigenvalue weighted by Crippen LogP contribution is -2.29. The second-order valence-corrected chi connectivity index (χ2v) is 6.36. The lowest BCUT2D eigenvalue weighted by atomic mass is 10.2. The number of imidazole rings is 1. The van der Waals surface area contributed by atoms with Crippen LogP contribution in [0.2, 0.25) is 0 Å². The molecule has 2 aromatic carbocycles. The average molecular weight is 377 g/mol. The van der Waals surface area contributed by atoms with E-state index in [0.717, 1.165) is 22.6 Å². The van der Waals surface area contributed by atoms with Crippen molar-refractivity contribution in [2.45, 2.75) is 6.92 Å². The quantitative estimate of drug-likeness (QED) is 0.287. The van der Waals surface area contributed by atoms with Crippen LogP contribution in [0.4, 0.5) is 11.4 Å². The molecule has 0 aliphatic heterocycles. The van der Waals surface area contributed by atoms with Crippen LogP contribution in [0.15, 0.2) is 71.1 Å². The normalized spacial score (nSPS) is 11.4. The zero-order valence-electron chi connectivity index (χ0n) is 15.9. The van der Waals surface area contributed by atoms with Crippen molar-refractivity contribution >= 4 is 23.8 Å². The standard InChI is InChI=1S/C20H21N6O2/c1-16-24(21-14-17-4-8-19(9-5-17)23(2)3)12-13-25(16)22-15-18-6-10-20(11-7-18)26(27)28/h4-15H,1-3H3/q+1/b21-14+,22-15+. The van der Waals surface area contributed by atoms with Gasteiger partial charge in [-0.3, -0.25) is 10.1 Å². The van der Waals surface area contributed by atoms with Crippen molar-refractivity contribution in [1.82, 2.24) is 4.68 Å². The average Bonchev–Trinajstić information content (AvgIpc) is 3.05. The number of hydrogen-bond donors (Lipinski definition) is 0. The zero-order valence-corrected chi connectivity index (χ0v) is 15.9. The van der Waals surface area contributed by atoms with E-state index in [1.807, 2.05) is 56.4 Å². The third-order valence-corrected chi connectivity index (χ3v) is 4.19. The Bertz CT molecular complexity index is 1020. The molecule has 0 spiro atoms. The van der Waals surface area contributed by atoms with E-state index < -0.39 is 4.92 Å². The minimum absolute atomic E-state index is 0.0556. The minimum Gasteiger partial charge on any atom is -0.378 e. The molecule has 0 unspecified atom stereocenters. The maximum atomic E-state index is 10.7. The van der Waals surface area contributed by atoms with Gasteiger partial charge in [0.1, 0.15) is 0 Å². The van der Waals surface area contributed by atoms with Crippen molar-refractivity contribution in [1.29, 1.82) is 0 Å². The fraction of sp³-hybridized carbons (Fsp3) is 0.150. The van der Waals surface area contributed by atoms with Crippen LogP contribution in [-0.2, 0) is 0 Å². The van der Waals surface area contributed by atoms with E-state index in [1.165, 1.54) is 12.1 Å². The van der Waals surface area contributed by atoms with Gasteiger partial charge in [0.05, 0.1) is 17.4 Å². The van der Waals surface area contributed by atoms with Crippen molar-refractivity contribution in [2.24, 2.45) is 10.2 Å². The first-order chi connectivity index (χ1) is 13.4. The maximum Gasteiger partial charge on any atom is 0.304 e. The lowest BCUT2D eigenvalue weighted by Gasteiger charge is -2.11. The summed E-state index contributed by atoms with van der Waals surface area (Å²) >= 11 is 0. The van der Waals surface area contributed by atoms with Crippen LogP contribution in [0.3, 0.4) is 0 Å². The first kappa shape index (κ1) is 19.0. The van der Waals surface area contributed by atoms with E-state index >= 15 is 0 Å². The molecular weight excluding hydrogens is 356 g/mol. The van der Waals surface area contributed by atoms with Crippen LogP contribution < -0.4 is 9.58 Å². The minimum atomic E-state index is -0.425. The highest BCUT2D eigenvalue weighted by Gasteiger charge is 2.10. The van der Waals surface area contributed by atoms with Gasteiger partial charge in [0.25, 0.3) is 5.69 Å². The summed E-state index contributed by atoms with van der Waals surface area (Å²) in [6.45, 7) is 1.90. The summed E-state index contributed by atoms with van der Waals surface area (Å²) in [6, 6.07) is 14.3. The number of anilines is 1. The molecule has 3 aromatic rings. The molecule has 0 amide bonds. The molecule has 142 valence electrons. The molecule has 0 aliphatic rings. The van der Waals surface area contributed by atoms with E-state index in [4.69, 9.17) is 0 Å². The summed E-state index contributed by atoms with van der Waals surface area (Å²) in [5.41, 5.74) is 2.96. The number of nitro benzene ring substituents is 1. The zero-order chi connectivity index (χ0) is 20.1. The van der Waals surface area contributed by atoms with Crippen LogP contribution in [0.5, 0.6) is 0 Å². The second-order valence-electron chi connectivity index (χ2n) is 6.36. The van der Waals surface area contributed by atoms with Gasteiger partial charge < -0.3 is 4.90 Å². The van der Waals surface area contributed by atoms with Gasteiger partial charge in [0, 0.05) is 38.8 Å². The van der Waals surface area contributed by atoms with E-state index in [0.29, 0.717) is 0 Å². The number of benzene rings is 2. The predicted octanol–water partition coefficient (Wildman–Crippen LogP) is 2.82. The Morgan fingerprint density at radius 2 is 1.64 bits per heavy atom. The van der Waals surface area contributed by atoms with Gasteiger partial charge in [-0.1, -0.05) is 22.3 Å². The molecule has 0 N–H and O–H groups in total. The largest absolute Gasteiger partial charge is 0.378 e. The third kappa shape index (κ3) is 4.47. The molecule has 0 radical (unpaired) electrons. The van der Waals surface area contributed by atoms with Crippen LogP contribution in [0.1, 0.15) is 17.0 Å². The van der Waals surface area contributed by atoms with Crippen molar-refractivity contribution in [3.63, 3.8) is 0 Å². The monoisotopic (exact) mass is 377 g/mol. The Hall–Kier alpha value is -3.81. The van der Waals surface area contributed by atoms with Crippen LogP contribution in [0, 0.1) is 17.0 Å². The molecule has 8 heteroatoms. The molecular formula is C20H21N6O2+. The molecule has 0 aliphatic carbocycles. The van der Waals surface area contributed by atoms with Gasteiger partial charge >= 0.3 is 5.82 Å². The van der Waals surface area contributed by atoms with Gasteiger partial charge in [0.2, 0.25) is 0 Å². The number of rotatable bonds is 6. The number of nitrogens with zero attached hydrogens (tertiary/aromatic N) is 6. The third-order valence-electron chi connectivity index (χ3n) is 4.19. The summed E-state index contributed by atoms with van der Waals surface area (Å²) in [4.78, 5) is 12.3. The first-order valence-electron chi connectivity index (χ1n) is 8.64. The lowest BCUT2D eigenvalue weighted by molar-refractivity contribution is -0.684. The first-order valence-corrected chi connectivity index (χ1v) is 8.64. The Morgan fingerprint density at radius 3 is 2.25 bits per heavy atom. The van der Waals surface area contributed by atoms with Crippen molar-refractivity contribution in [3.8, 4) is 0 Å². The summed E-state index contributed by atoms with van der Waals surface area (Å²) < 4.78 is 3.42. The molecule has 8 nitrogen and oxygen atoms in total. The van der Waals surface area contributed by atoms with E-state index in [1.54, 1.807) is 40.1 Å². The van der Waals surface area contributed by atoms with Gasteiger partial charge in [-0.15, -0.1) is 9.35 Å². The Balaban J connectivity index is 1.71. The molecule has 28 heavy (non-hydrogen) atoms. The molecule has 0 saturated carbocycles. The number of non-ortho nitro benzene ring substituents is 1. The maximum absolute atomic E-state index is 10.7. The number of aromatic nitrogens is 2. The highest BCUT2D eigenvalue weighted by Crippen LogP contribution is 2.11. The highest BCUT2D eigenvalue weighted by atomic mass is 16.6. The second kappa shape index (κ2) is 8.26. The SMILES string of the molecule is Cc1n(/N=C/c2ccc(N(C)C)cc2)cc[n+]1/N=C/c1ccc([N+](=O)[O-])cc1. The van der Waals surface area contributed by atoms with E-state index in [-0.39, 0.29) is 5.69 Å². The molecule has 0 saturated heterocycles. The molecule has 0 fully saturated rings. The van der Waals surface area contributed by atoms with Crippen LogP contribution >= 0.6 is 0 Å². The Morgan fingerprint density at radius 1 is 1.04 bits per heavy atom. The predicted molar refractivity (Wildman–Crippen MR) is 109 cm³/mol. The molecule has 1 heterocycles. The van der Waals surface area contributed by atoms with Crippen molar-refractivity contribution in [2.75, 3.05) is 19.0 Å². The van der Waals surface area contributed by atoms with E-state index in [9.17, 15) is 10.1 Å². The van der Waals surface area contributed by atoms with Gasteiger partial charge in [-0.05, 0) is 35.4 Å². The van der Waals surface area contributed by atoms with E-state index in [2.05, 4.69) is 10.2 Å². The van der Waals surface area contributed by atoms with Gasteiger partial charge in [-0.25, -0.2) is 0 Å². The van der Waals surface area contributed by atoms with Gasteiger partial charge in [-0.2, -0.15) is 0 Å². The Kier molecular flexibility index (Phi) is 5.59. The topological polar surface area (TPSA) is 79.9 Å². The van der Waals surface area contributed by atoms with Crippen LogP contribution in [-0.4, -0.2) is 36.1 Å². The molecule has 1 aromatic heterocycles. The molecule has 3 rings (SSSR count). The fourth-order valence-corrected chi connectivity index (χ4v) is 2.49. The fourth-order valence-electron chi connectivity index (χ4n) is 2.49. The smallest absolute Gasteiger partial charge is 0.304 e. The highest BCUT2D eigenvalue weighted by molar-refractivity contribution is 5.80.